The third-order valence-corrected chi connectivity index (χ3v) is 9.65. The average molecular weight is 781 g/mol. The Labute approximate surface area is 329 Å². The Bertz CT molecular complexity index is 2260. The van der Waals surface area contributed by atoms with E-state index in [1.54, 1.807) is 65.7 Å². The Morgan fingerprint density at radius 1 is 0.807 bits per heavy atom. The number of phenols is 2. The zero-order valence-corrected chi connectivity index (χ0v) is 32.4. The van der Waals surface area contributed by atoms with Crippen LogP contribution in [-0.4, -0.2) is 92.8 Å². The van der Waals surface area contributed by atoms with Gasteiger partial charge in [-0.1, -0.05) is 25.1 Å². The number of methoxy groups -OCH3 is 4. The molecular formula is C41H44N6O10. The minimum Gasteiger partial charge on any atom is -0.508 e. The number of benzene rings is 4. The van der Waals surface area contributed by atoms with E-state index in [0.717, 1.165) is 16.7 Å². The highest BCUT2D eigenvalue weighted by atomic mass is 16.6. The standard InChI is InChI=1S/C41H44N6O10/c1-23(2)28-20-29(32(49)21-31(28)48)39(42)47(40(43)50)27-10-8-26(9-11-27)45-13-15-46(16-14-45)41(51)56-34-17-24(7-12-33(34)52-3)30-22-44-57-37(30)25-18-35(53-4)38(55-6)36(19-25)54-5/h7-12,17-23,42,48-49H,13-16H2,1-6H3,(H2,43,50). The number of anilines is 2. The third-order valence-electron chi connectivity index (χ3n) is 9.65. The Morgan fingerprint density at radius 2 is 1.44 bits per heavy atom. The van der Waals surface area contributed by atoms with Gasteiger partial charge in [0, 0.05) is 49.1 Å². The van der Waals surface area contributed by atoms with Gasteiger partial charge in [0.15, 0.2) is 28.8 Å². The maximum atomic E-state index is 13.5. The summed E-state index contributed by atoms with van der Waals surface area (Å²) in [5.74, 6) is 1.40. The van der Waals surface area contributed by atoms with Crippen molar-refractivity contribution >= 4 is 29.3 Å². The van der Waals surface area contributed by atoms with Crippen LogP contribution in [0.15, 0.2) is 77.4 Å². The molecule has 5 aromatic rings. The average Bonchev–Trinajstić information content (AvgIpc) is 3.70. The number of hydrogen-bond donors (Lipinski definition) is 4. The molecule has 0 saturated carbocycles. The summed E-state index contributed by atoms with van der Waals surface area (Å²) in [7, 11) is 6.06. The van der Waals surface area contributed by atoms with Crippen LogP contribution < -0.4 is 39.2 Å². The number of ether oxygens (including phenoxy) is 5. The van der Waals surface area contributed by atoms with Gasteiger partial charge in [0.2, 0.25) is 5.75 Å². The summed E-state index contributed by atoms with van der Waals surface area (Å²) in [6, 6.07) is 17.3. The van der Waals surface area contributed by atoms with E-state index in [1.807, 2.05) is 13.8 Å². The predicted octanol–water partition coefficient (Wildman–Crippen LogP) is 6.81. The predicted molar refractivity (Wildman–Crippen MR) is 213 cm³/mol. The van der Waals surface area contributed by atoms with Crippen LogP contribution in [0.2, 0.25) is 0 Å². The quantitative estimate of drug-likeness (QED) is 0.0806. The smallest absolute Gasteiger partial charge is 0.415 e. The van der Waals surface area contributed by atoms with E-state index in [1.165, 1.54) is 34.5 Å². The van der Waals surface area contributed by atoms with Crippen molar-refractivity contribution in [3.8, 4) is 62.7 Å². The molecule has 0 unspecified atom stereocenters. The van der Waals surface area contributed by atoms with Crippen LogP contribution in [0.25, 0.3) is 22.5 Å². The van der Waals surface area contributed by atoms with E-state index >= 15 is 0 Å². The topological polar surface area (TPSA) is 206 Å². The Balaban J connectivity index is 1.14. The largest absolute Gasteiger partial charge is 0.508 e. The monoisotopic (exact) mass is 780 g/mol. The number of aromatic hydroxyl groups is 2. The molecule has 1 aromatic heterocycles. The maximum Gasteiger partial charge on any atom is 0.415 e. The summed E-state index contributed by atoms with van der Waals surface area (Å²) in [6.45, 7) is 5.41. The number of hydrogen-bond acceptors (Lipinski definition) is 13. The fraction of sp³-hybridized carbons (Fsp3) is 0.268. The molecule has 298 valence electrons. The lowest BCUT2D eigenvalue weighted by molar-refractivity contribution is 0.148. The molecule has 5 N–H and O–H groups in total. The first-order valence-corrected chi connectivity index (χ1v) is 17.9. The van der Waals surface area contributed by atoms with Crippen molar-refractivity contribution in [1.82, 2.24) is 10.1 Å². The molecule has 1 saturated heterocycles. The van der Waals surface area contributed by atoms with Crippen molar-refractivity contribution in [2.45, 2.75) is 19.8 Å². The van der Waals surface area contributed by atoms with Gasteiger partial charge in [0.1, 0.15) is 17.3 Å². The molecule has 0 radical (unpaired) electrons. The lowest BCUT2D eigenvalue weighted by atomic mass is 9.98. The van der Waals surface area contributed by atoms with Crippen molar-refractivity contribution in [1.29, 1.82) is 5.41 Å². The highest BCUT2D eigenvalue weighted by Gasteiger charge is 2.27. The number of piperazine rings is 1. The summed E-state index contributed by atoms with van der Waals surface area (Å²) in [5.41, 5.74) is 9.30. The third kappa shape index (κ3) is 8.01. The first-order valence-electron chi connectivity index (χ1n) is 17.9. The first kappa shape index (κ1) is 39.6. The molecule has 16 heteroatoms. The molecule has 4 aromatic carbocycles. The van der Waals surface area contributed by atoms with Gasteiger partial charge in [-0.3, -0.25) is 5.41 Å². The van der Waals surface area contributed by atoms with Gasteiger partial charge in [-0.15, -0.1) is 0 Å². The highest BCUT2D eigenvalue weighted by molar-refractivity contribution is 6.22. The van der Waals surface area contributed by atoms with Crippen LogP contribution in [0.3, 0.4) is 0 Å². The zero-order valence-electron chi connectivity index (χ0n) is 32.4. The van der Waals surface area contributed by atoms with E-state index in [-0.39, 0.29) is 34.6 Å². The van der Waals surface area contributed by atoms with Gasteiger partial charge >= 0.3 is 12.1 Å². The highest BCUT2D eigenvalue weighted by Crippen LogP contribution is 2.44. The number of rotatable bonds is 11. The summed E-state index contributed by atoms with van der Waals surface area (Å²) in [6.07, 6.45) is 1.01. The van der Waals surface area contributed by atoms with Crippen LogP contribution in [-0.2, 0) is 0 Å². The lowest BCUT2D eigenvalue weighted by Crippen LogP contribution is -2.49. The number of carbonyl (C=O) groups is 2. The van der Waals surface area contributed by atoms with Gasteiger partial charge in [-0.25, -0.2) is 14.5 Å². The molecule has 2 heterocycles. The second kappa shape index (κ2) is 16.7. The van der Waals surface area contributed by atoms with Crippen LogP contribution in [0.4, 0.5) is 21.0 Å². The molecule has 0 atom stereocenters. The maximum absolute atomic E-state index is 13.5. The van der Waals surface area contributed by atoms with Crippen LogP contribution >= 0.6 is 0 Å². The molecule has 57 heavy (non-hydrogen) atoms. The summed E-state index contributed by atoms with van der Waals surface area (Å²) < 4.78 is 33.6. The van der Waals surface area contributed by atoms with Gasteiger partial charge in [-0.2, -0.15) is 0 Å². The summed E-state index contributed by atoms with van der Waals surface area (Å²) >= 11 is 0. The van der Waals surface area contributed by atoms with Gasteiger partial charge < -0.3 is 54.0 Å². The number of nitrogens with zero attached hydrogens (tertiary/aromatic N) is 4. The summed E-state index contributed by atoms with van der Waals surface area (Å²) in [5, 5.41) is 33.6. The molecule has 0 bridgehead atoms. The lowest BCUT2D eigenvalue weighted by Gasteiger charge is -2.35. The number of amidine groups is 1. The Hall–Kier alpha value is -7.10. The van der Waals surface area contributed by atoms with Crippen molar-refractivity contribution < 1.29 is 48.0 Å². The minimum atomic E-state index is -0.916. The SMILES string of the molecule is COc1ccc(-c2cnoc2-c2cc(OC)c(OC)c(OC)c2)cc1OC(=O)N1CCN(c2ccc(N(C(=N)c3cc(C(C)C)c(O)cc3O)C(N)=O)cc2)CC1. The fourth-order valence-corrected chi connectivity index (χ4v) is 6.64. The number of primary amides is 1. The number of urea groups is 1. The molecule has 1 fully saturated rings. The molecular weight excluding hydrogens is 736 g/mol. The number of carbonyl (C=O) groups excluding carboxylic acids is 2. The van der Waals surface area contributed by atoms with E-state index in [2.05, 4.69) is 10.1 Å². The van der Waals surface area contributed by atoms with Crippen LogP contribution in [0.1, 0.15) is 30.9 Å². The second-order valence-corrected chi connectivity index (χ2v) is 13.3. The Kier molecular flexibility index (Phi) is 11.6. The first-order chi connectivity index (χ1) is 27.4. The molecule has 6 rings (SSSR count). The van der Waals surface area contributed by atoms with Gasteiger partial charge in [-0.05, 0) is 71.6 Å². The molecule has 1 aliphatic heterocycles. The summed E-state index contributed by atoms with van der Waals surface area (Å²) in [4.78, 5) is 30.7. The number of amides is 3. The fourth-order valence-electron chi connectivity index (χ4n) is 6.64. The minimum absolute atomic E-state index is 0.0469. The van der Waals surface area contributed by atoms with E-state index in [9.17, 15) is 19.8 Å². The van der Waals surface area contributed by atoms with E-state index < -0.39 is 12.1 Å². The second-order valence-electron chi connectivity index (χ2n) is 13.3. The van der Waals surface area contributed by atoms with Crippen molar-refractivity contribution in [2.24, 2.45) is 5.73 Å². The number of nitrogens with two attached hydrogens (primary N) is 1. The van der Waals surface area contributed by atoms with Crippen LogP contribution in [0, 0.1) is 5.41 Å². The normalized spacial score (nSPS) is 12.6. The van der Waals surface area contributed by atoms with Gasteiger partial charge in [0.05, 0.1) is 45.9 Å². The van der Waals surface area contributed by atoms with Crippen molar-refractivity contribution in [3.63, 3.8) is 0 Å². The number of nitrogens with one attached hydrogen (secondary N) is 1. The number of aromatic nitrogens is 1. The van der Waals surface area contributed by atoms with Crippen molar-refractivity contribution in [3.05, 3.63) is 84.1 Å². The molecule has 0 aliphatic carbocycles. The van der Waals surface area contributed by atoms with Gasteiger partial charge in [0.25, 0.3) is 0 Å². The molecule has 3 amide bonds. The van der Waals surface area contributed by atoms with Crippen molar-refractivity contribution in [2.75, 3.05) is 64.4 Å². The zero-order chi connectivity index (χ0) is 41.0. The van der Waals surface area contributed by atoms with Crippen LogP contribution in [0.5, 0.6) is 40.2 Å². The van der Waals surface area contributed by atoms with E-state index in [0.29, 0.717) is 82.9 Å². The molecule has 16 nitrogen and oxygen atoms in total. The number of phenolic OH excluding ortho intramolecular Hbond substituents is 2. The molecule has 1 aliphatic rings. The molecule has 0 spiro atoms. The van der Waals surface area contributed by atoms with E-state index in [4.69, 9.17) is 39.4 Å². The Morgan fingerprint density at radius 3 is 2.02 bits per heavy atom.